The maximum atomic E-state index is 12.2. The van der Waals surface area contributed by atoms with Gasteiger partial charge in [-0.25, -0.2) is 4.98 Å². The lowest BCUT2D eigenvalue weighted by Gasteiger charge is -2.18. The van der Waals surface area contributed by atoms with E-state index in [4.69, 9.17) is 5.73 Å². The van der Waals surface area contributed by atoms with E-state index in [1.54, 1.807) is 11.1 Å². The first-order chi connectivity index (χ1) is 8.33. The van der Waals surface area contributed by atoms with Gasteiger partial charge in [0.2, 0.25) is 5.91 Å². The summed E-state index contributed by atoms with van der Waals surface area (Å²) >= 11 is 1.26. The number of rotatable bonds is 3. The summed E-state index contributed by atoms with van der Waals surface area (Å²) < 4.78 is 36.6. The number of hydrogen-bond donors (Lipinski definition) is 1. The van der Waals surface area contributed by atoms with Gasteiger partial charge in [-0.3, -0.25) is 9.69 Å². The van der Waals surface area contributed by atoms with Crippen LogP contribution in [-0.4, -0.2) is 46.6 Å². The second-order valence-corrected chi connectivity index (χ2v) is 5.15. The van der Waals surface area contributed by atoms with Gasteiger partial charge in [-0.1, -0.05) is 0 Å². The van der Waals surface area contributed by atoms with Gasteiger partial charge < -0.3 is 10.6 Å². The molecule has 2 N–H and O–H groups in total. The molecular weight excluding hydrogens is 269 g/mol. The number of thiazole rings is 1. The average Bonchev–Trinajstić information content (AvgIpc) is 2.73. The molecule has 0 aromatic carbocycles. The maximum absolute atomic E-state index is 12.2. The molecule has 5 nitrogen and oxygen atoms in total. The molecule has 0 saturated carbocycles. The third kappa shape index (κ3) is 3.33. The minimum absolute atomic E-state index is 0.00607. The third-order valence-electron chi connectivity index (χ3n) is 2.40. The van der Waals surface area contributed by atoms with Crippen LogP contribution < -0.4 is 5.73 Å². The van der Waals surface area contributed by atoms with Crippen LogP contribution in [0.15, 0.2) is 6.20 Å². The van der Waals surface area contributed by atoms with E-state index in [-0.39, 0.29) is 13.2 Å². The van der Waals surface area contributed by atoms with Crippen molar-refractivity contribution in [2.75, 3.05) is 25.5 Å². The fourth-order valence-corrected chi connectivity index (χ4v) is 2.46. The van der Waals surface area contributed by atoms with Crippen LogP contribution in [0.3, 0.4) is 0 Å². The molecule has 0 unspecified atom stereocenters. The van der Waals surface area contributed by atoms with Crippen molar-refractivity contribution in [1.29, 1.82) is 0 Å². The molecular formula is C9H11F3N4OS. The summed E-state index contributed by atoms with van der Waals surface area (Å²) in [5.41, 5.74) is 5.45. The summed E-state index contributed by atoms with van der Waals surface area (Å²) in [7, 11) is 0. The van der Waals surface area contributed by atoms with Crippen molar-refractivity contribution in [3.8, 4) is 0 Å². The van der Waals surface area contributed by atoms with Crippen LogP contribution in [0.2, 0.25) is 0 Å². The first-order valence-electron chi connectivity index (χ1n) is 5.10. The highest BCUT2D eigenvalue weighted by Crippen LogP contribution is 2.22. The highest BCUT2D eigenvalue weighted by atomic mass is 32.1. The molecule has 0 aliphatic carbocycles. The zero-order chi connectivity index (χ0) is 13.3. The van der Waals surface area contributed by atoms with Gasteiger partial charge >= 0.3 is 6.18 Å². The predicted octanol–water partition coefficient (Wildman–Crippen LogP) is 0.889. The molecule has 1 aromatic rings. The molecule has 0 spiro atoms. The number of nitrogens with zero attached hydrogens (tertiary/aromatic N) is 3. The van der Waals surface area contributed by atoms with E-state index in [9.17, 15) is 18.0 Å². The minimum Gasteiger partial charge on any atom is -0.375 e. The molecule has 1 fully saturated rings. The Morgan fingerprint density at radius 2 is 2.22 bits per heavy atom. The number of nitrogen functional groups attached to an aromatic ring is 1. The van der Waals surface area contributed by atoms with E-state index in [1.165, 1.54) is 11.3 Å². The highest BCUT2D eigenvalue weighted by Gasteiger charge is 2.37. The summed E-state index contributed by atoms with van der Waals surface area (Å²) in [5.74, 6) is -0.509. The molecule has 9 heteroatoms. The molecule has 1 aliphatic heterocycles. The molecule has 1 amide bonds. The molecule has 0 bridgehead atoms. The first-order valence-corrected chi connectivity index (χ1v) is 5.92. The zero-order valence-corrected chi connectivity index (χ0v) is 10.1. The van der Waals surface area contributed by atoms with E-state index >= 15 is 0 Å². The molecule has 1 saturated heterocycles. The molecule has 1 aliphatic rings. The normalized spacial score (nSPS) is 17.7. The Morgan fingerprint density at radius 1 is 1.50 bits per heavy atom. The summed E-state index contributed by atoms with van der Waals surface area (Å²) in [5, 5.41) is 0.405. The number of amides is 1. The molecule has 0 atom stereocenters. The fourth-order valence-electron chi connectivity index (χ4n) is 1.74. The lowest BCUT2D eigenvalue weighted by molar-refractivity contribution is -0.157. The smallest absolute Gasteiger partial charge is 0.375 e. The van der Waals surface area contributed by atoms with Gasteiger partial charge in [0, 0.05) is 17.6 Å². The standard InChI is InChI=1S/C9H11F3N4OS/c10-9(11,12)4-16-5-15(3-7(16)17)2-6-1-14-8(13)18-6/h1H,2-5H2,(H2,13,14). The van der Waals surface area contributed by atoms with Crippen LogP contribution >= 0.6 is 11.3 Å². The summed E-state index contributed by atoms with van der Waals surface area (Å²) in [6.45, 7) is -0.841. The van der Waals surface area contributed by atoms with Crippen LogP contribution in [0.5, 0.6) is 0 Å². The predicted molar refractivity (Wildman–Crippen MR) is 59.6 cm³/mol. The average molecular weight is 280 g/mol. The Kier molecular flexibility index (Phi) is 3.44. The van der Waals surface area contributed by atoms with Crippen molar-refractivity contribution in [2.24, 2.45) is 0 Å². The van der Waals surface area contributed by atoms with E-state index in [0.29, 0.717) is 11.7 Å². The number of nitrogens with two attached hydrogens (primary N) is 1. The number of hydrogen-bond acceptors (Lipinski definition) is 5. The van der Waals surface area contributed by atoms with Gasteiger partial charge in [0.05, 0.1) is 13.2 Å². The number of anilines is 1. The van der Waals surface area contributed by atoms with Crippen LogP contribution in [0.1, 0.15) is 4.88 Å². The van der Waals surface area contributed by atoms with E-state index in [0.717, 1.165) is 9.78 Å². The van der Waals surface area contributed by atoms with Gasteiger partial charge in [0.15, 0.2) is 5.13 Å². The van der Waals surface area contributed by atoms with Crippen molar-refractivity contribution in [2.45, 2.75) is 12.7 Å². The molecule has 0 radical (unpaired) electrons. The van der Waals surface area contributed by atoms with Crippen molar-refractivity contribution >= 4 is 22.4 Å². The van der Waals surface area contributed by atoms with Crippen molar-refractivity contribution in [3.05, 3.63) is 11.1 Å². The number of carbonyl (C=O) groups excluding carboxylic acids is 1. The molecule has 2 heterocycles. The second-order valence-electron chi connectivity index (χ2n) is 4.00. The topological polar surface area (TPSA) is 62.5 Å². The third-order valence-corrected chi connectivity index (χ3v) is 3.21. The van der Waals surface area contributed by atoms with E-state index < -0.39 is 18.6 Å². The number of carbonyl (C=O) groups is 1. The Balaban J connectivity index is 1.92. The van der Waals surface area contributed by atoms with Gasteiger partial charge in [-0.05, 0) is 0 Å². The second kappa shape index (κ2) is 4.73. The minimum atomic E-state index is -4.36. The highest BCUT2D eigenvalue weighted by molar-refractivity contribution is 7.15. The zero-order valence-electron chi connectivity index (χ0n) is 9.28. The van der Waals surface area contributed by atoms with Crippen LogP contribution in [0.4, 0.5) is 18.3 Å². The van der Waals surface area contributed by atoms with Crippen LogP contribution in [0.25, 0.3) is 0 Å². The Hall–Kier alpha value is -1.35. The van der Waals surface area contributed by atoms with Gasteiger partial charge in [0.25, 0.3) is 0 Å². The Labute approximate surface area is 105 Å². The maximum Gasteiger partial charge on any atom is 0.406 e. The van der Waals surface area contributed by atoms with Crippen LogP contribution in [-0.2, 0) is 11.3 Å². The monoisotopic (exact) mass is 280 g/mol. The first kappa shape index (κ1) is 13.1. The fraction of sp³-hybridized carbons (Fsp3) is 0.556. The van der Waals surface area contributed by atoms with Gasteiger partial charge in [-0.2, -0.15) is 13.2 Å². The van der Waals surface area contributed by atoms with E-state index in [1.807, 2.05) is 0 Å². The Morgan fingerprint density at radius 3 is 2.78 bits per heavy atom. The van der Waals surface area contributed by atoms with Crippen molar-refractivity contribution < 1.29 is 18.0 Å². The summed E-state index contributed by atoms with van der Waals surface area (Å²) in [6.07, 6.45) is -2.79. The SMILES string of the molecule is Nc1ncc(CN2CC(=O)N(CC(F)(F)F)C2)s1. The van der Waals surface area contributed by atoms with Crippen LogP contribution in [0, 0.1) is 0 Å². The molecule has 100 valence electrons. The van der Waals surface area contributed by atoms with Gasteiger partial charge in [-0.15, -0.1) is 11.3 Å². The van der Waals surface area contributed by atoms with E-state index in [2.05, 4.69) is 4.98 Å². The molecule has 18 heavy (non-hydrogen) atoms. The largest absolute Gasteiger partial charge is 0.406 e. The van der Waals surface area contributed by atoms with Gasteiger partial charge in [0.1, 0.15) is 6.54 Å². The lowest BCUT2D eigenvalue weighted by Crippen LogP contribution is -2.36. The van der Waals surface area contributed by atoms with Crippen molar-refractivity contribution in [3.63, 3.8) is 0 Å². The number of aromatic nitrogens is 1. The quantitative estimate of drug-likeness (QED) is 0.893. The molecule has 1 aromatic heterocycles. The van der Waals surface area contributed by atoms with Crippen molar-refractivity contribution in [1.82, 2.24) is 14.8 Å². The summed E-state index contributed by atoms with van der Waals surface area (Å²) in [4.78, 5) is 18.5. The Bertz CT molecular complexity index is 447. The lowest BCUT2D eigenvalue weighted by atomic mass is 10.5. The molecule has 2 rings (SSSR count). The number of halogens is 3. The summed E-state index contributed by atoms with van der Waals surface area (Å²) in [6, 6.07) is 0. The number of alkyl halides is 3.